The smallest absolute Gasteiger partial charge is 0.399 e. The van der Waals surface area contributed by atoms with E-state index in [1.165, 1.54) is 0 Å². The van der Waals surface area contributed by atoms with Crippen molar-refractivity contribution in [3.8, 4) is 0 Å². The van der Waals surface area contributed by atoms with E-state index in [1.54, 1.807) is 4.90 Å². The molecule has 2 saturated heterocycles. The van der Waals surface area contributed by atoms with Crippen molar-refractivity contribution in [1.29, 1.82) is 0 Å². The highest BCUT2D eigenvalue weighted by Crippen LogP contribution is 2.37. The summed E-state index contributed by atoms with van der Waals surface area (Å²) >= 11 is 0. The molecule has 1 aromatic heterocycles. The zero-order valence-corrected chi connectivity index (χ0v) is 16.3. The predicted octanol–water partition coefficient (Wildman–Crippen LogP) is 1.92. The molecule has 0 unspecified atom stereocenters. The molecule has 3 amide bonds. The van der Waals surface area contributed by atoms with Crippen LogP contribution in [-0.2, 0) is 21.2 Å². The Hall–Kier alpha value is -2.32. The van der Waals surface area contributed by atoms with Gasteiger partial charge in [-0.15, -0.1) is 0 Å². The van der Waals surface area contributed by atoms with Crippen molar-refractivity contribution in [2.24, 2.45) is 7.05 Å². The Morgan fingerprint density at radius 1 is 1.11 bits per heavy atom. The predicted molar refractivity (Wildman–Crippen MR) is 104 cm³/mol. The van der Waals surface area contributed by atoms with E-state index in [0.717, 1.165) is 22.1 Å². The van der Waals surface area contributed by atoms with E-state index < -0.39 is 24.4 Å². The maximum Gasteiger partial charge on any atom is 0.494 e. The fourth-order valence-corrected chi connectivity index (χ4v) is 3.56. The van der Waals surface area contributed by atoms with Gasteiger partial charge in [0.2, 0.25) is 5.91 Å². The molecule has 0 radical (unpaired) electrons. The highest BCUT2D eigenvalue weighted by Gasteiger charge is 2.52. The number of aryl methyl sites for hydroxylation is 1. The SMILES string of the molecule is Cn1ccc2cc(B3OC(C)(C)C(C)(C)O3)cc(N3CCC(=O)NC3=O)c21. The van der Waals surface area contributed by atoms with Crippen molar-refractivity contribution in [1.82, 2.24) is 9.88 Å². The summed E-state index contributed by atoms with van der Waals surface area (Å²) in [5.41, 5.74) is 1.64. The molecule has 4 rings (SSSR count). The number of nitrogens with one attached hydrogen (secondary N) is 1. The molecule has 1 aromatic carbocycles. The first-order valence-electron chi connectivity index (χ1n) is 9.15. The van der Waals surface area contributed by atoms with Crippen molar-refractivity contribution >= 4 is 41.1 Å². The van der Waals surface area contributed by atoms with Crippen LogP contribution in [0.15, 0.2) is 24.4 Å². The lowest BCUT2D eigenvalue weighted by Gasteiger charge is -2.32. The summed E-state index contributed by atoms with van der Waals surface area (Å²) in [5, 5.41) is 3.39. The van der Waals surface area contributed by atoms with Gasteiger partial charge in [-0.25, -0.2) is 4.79 Å². The van der Waals surface area contributed by atoms with Gasteiger partial charge in [-0.05, 0) is 45.3 Å². The Bertz CT molecular complexity index is 934. The van der Waals surface area contributed by atoms with Gasteiger partial charge in [-0.2, -0.15) is 0 Å². The topological polar surface area (TPSA) is 72.8 Å². The minimum absolute atomic E-state index is 0.249. The van der Waals surface area contributed by atoms with Crippen LogP contribution in [-0.4, -0.2) is 41.4 Å². The number of carbonyl (C=O) groups excluding carboxylic acids is 2. The van der Waals surface area contributed by atoms with E-state index in [1.807, 2.05) is 63.7 Å². The molecule has 0 saturated carbocycles. The van der Waals surface area contributed by atoms with E-state index >= 15 is 0 Å². The normalized spacial score (nSPS) is 21.8. The van der Waals surface area contributed by atoms with Crippen LogP contribution < -0.4 is 15.7 Å². The number of hydrogen-bond acceptors (Lipinski definition) is 4. The van der Waals surface area contributed by atoms with E-state index in [9.17, 15) is 9.59 Å². The van der Waals surface area contributed by atoms with Crippen LogP contribution in [0, 0.1) is 0 Å². The van der Waals surface area contributed by atoms with Crippen molar-refractivity contribution in [3.05, 3.63) is 24.4 Å². The third-order valence-electron chi connectivity index (χ3n) is 5.84. The Kier molecular flexibility index (Phi) is 3.91. The molecule has 0 spiro atoms. The number of anilines is 1. The zero-order valence-electron chi connectivity index (χ0n) is 16.3. The van der Waals surface area contributed by atoms with Crippen LogP contribution in [0.2, 0.25) is 0 Å². The summed E-state index contributed by atoms with van der Waals surface area (Å²) in [6, 6.07) is 5.56. The van der Waals surface area contributed by atoms with E-state index in [4.69, 9.17) is 9.31 Å². The van der Waals surface area contributed by atoms with Crippen LogP contribution in [0.3, 0.4) is 0 Å². The number of amides is 3. The van der Waals surface area contributed by atoms with Gasteiger partial charge in [-0.1, -0.05) is 6.07 Å². The molecule has 2 aliphatic heterocycles. The summed E-state index contributed by atoms with van der Waals surface area (Å²) < 4.78 is 14.4. The summed E-state index contributed by atoms with van der Waals surface area (Å²) in [6.45, 7) is 8.40. The molecule has 2 fully saturated rings. The number of imide groups is 1. The lowest BCUT2D eigenvalue weighted by atomic mass is 9.78. The summed E-state index contributed by atoms with van der Waals surface area (Å²) in [5.74, 6) is -0.249. The minimum atomic E-state index is -0.521. The molecular weight excluding hydrogens is 345 g/mol. The average Bonchev–Trinajstić information content (AvgIpc) is 3.04. The van der Waals surface area contributed by atoms with Crippen LogP contribution in [0.25, 0.3) is 10.9 Å². The highest BCUT2D eigenvalue weighted by molar-refractivity contribution is 6.62. The van der Waals surface area contributed by atoms with Crippen LogP contribution in [0.4, 0.5) is 10.5 Å². The maximum absolute atomic E-state index is 12.4. The van der Waals surface area contributed by atoms with Crippen molar-refractivity contribution in [2.75, 3.05) is 11.4 Å². The average molecular weight is 369 g/mol. The molecule has 3 heterocycles. The first kappa shape index (κ1) is 18.1. The van der Waals surface area contributed by atoms with E-state index in [0.29, 0.717) is 6.54 Å². The quantitative estimate of drug-likeness (QED) is 0.821. The van der Waals surface area contributed by atoms with E-state index in [2.05, 4.69) is 5.32 Å². The van der Waals surface area contributed by atoms with Gasteiger partial charge < -0.3 is 13.9 Å². The second-order valence-corrected chi connectivity index (χ2v) is 8.25. The number of urea groups is 1. The molecule has 0 atom stereocenters. The minimum Gasteiger partial charge on any atom is -0.399 e. The van der Waals surface area contributed by atoms with Crippen molar-refractivity contribution in [2.45, 2.75) is 45.3 Å². The maximum atomic E-state index is 12.4. The summed E-state index contributed by atoms with van der Waals surface area (Å²) in [4.78, 5) is 25.6. The number of nitrogens with zero attached hydrogens (tertiary/aromatic N) is 2. The molecule has 0 aliphatic carbocycles. The molecule has 2 aliphatic rings. The Morgan fingerprint density at radius 2 is 1.78 bits per heavy atom. The van der Waals surface area contributed by atoms with Crippen molar-refractivity contribution in [3.63, 3.8) is 0 Å². The second kappa shape index (κ2) is 5.84. The van der Waals surface area contributed by atoms with Crippen LogP contribution in [0.5, 0.6) is 0 Å². The zero-order chi connectivity index (χ0) is 19.6. The van der Waals surface area contributed by atoms with E-state index in [-0.39, 0.29) is 12.3 Å². The first-order chi connectivity index (χ1) is 12.6. The van der Waals surface area contributed by atoms with Gasteiger partial charge in [0.1, 0.15) is 0 Å². The summed E-state index contributed by atoms with van der Waals surface area (Å²) in [7, 11) is 1.42. The van der Waals surface area contributed by atoms with Gasteiger partial charge in [-0.3, -0.25) is 15.0 Å². The van der Waals surface area contributed by atoms with Gasteiger partial charge in [0.05, 0.1) is 22.4 Å². The molecule has 1 N–H and O–H groups in total. The Balaban J connectivity index is 1.81. The van der Waals surface area contributed by atoms with Crippen molar-refractivity contribution < 1.29 is 18.9 Å². The monoisotopic (exact) mass is 369 g/mol. The van der Waals surface area contributed by atoms with Gasteiger partial charge in [0.15, 0.2) is 0 Å². The van der Waals surface area contributed by atoms with Gasteiger partial charge in [0, 0.05) is 31.6 Å². The third-order valence-corrected chi connectivity index (χ3v) is 5.84. The molecule has 7 nitrogen and oxygen atoms in total. The number of aromatic nitrogens is 1. The third kappa shape index (κ3) is 2.83. The molecule has 2 aromatic rings. The first-order valence-corrected chi connectivity index (χ1v) is 9.15. The largest absolute Gasteiger partial charge is 0.494 e. The number of hydrogen-bond donors (Lipinski definition) is 1. The number of rotatable bonds is 2. The molecule has 27 heavy (non-hydrogen) atoms. The Morgan fingerprint density at radius 3 is 2.41 bits per heavy atom. The lowest BCUT2D eigenvalue weighted by Crippen LogP contribution is -2.50. The standard InChI is InChI=1S/C19H24BN3O4/c1-18(2)19(3,4)27-20(26-18)13-10-12-6-8-22(5)16(12)14(11-13)23-9-7-15(24)21-17(23)25/h6,8,10-11H,7,9H2,1-5H3,(H,21,24,25). The van der Waals surface area contributed by atoms with Gasteiger partial charge >= 0.3 is 13.1 Å². The fourth-order valence-electron chi connectivity index (χ4n) is 3.56. The number of benzene rings is 1. The highest BCUT2D eigenvalue weighted by atomic mass is 16.7. The van der Waals surface area contributed by atoms with Crippen LogP contribution >= 0.6 is 0 Å². The lowest BCUT2D eigenvalue weighted by molar-refractivity contribution is -0.120. The van der Waals surface area contributed by atoms with Gasteiger partial charge in [0.25, 0.3) is 0 Å². The molecule has 8 heteroatoms. The number of fused-ring (bicyclic) bond motifs is 1. The molecule has 142 valence electrons. The Labute approximate surface area is 158 Å². The molecule has 0 bridgehead atoms. The number of carbonyl (C=O) groups is 2. The molecular formula is C19H24BN3O4. The van der Waals surface area contributed by atoms with Crippen LogP contribution in [0.1, 0.15) is 34.1 Å². The fraction of sp³-hybridized carbons (Fsp3) is 0.474. The second-order valence-electron chi connectivity index (χ2n) is 8.25. The summed E-state index contributed by atoms with van der Waals surface area (Å²) in [6.07, 6.45) is 2.23.